The molecule has 2 aromatic carbocycles. The van der Waals surface area contributed by atoms with E-state index in [9.17, 15) is 19.5 Å². The number of phenols is 1. The predicted octanol–water partition coefficient (Wildman–Crippen LogP) is 7.56. The Morgan fingerprint density at radius 2 is 1.89 bits per heavy atom. The second-order valence-electron chi connectivity index (χ2n) is 16.4. The van der Waals surface area contributed by atoms with E-state index in [2.05, 4.69) is 55.0 Å². The number of hydrogen-bond donors (Lipinski definition) is 2. The van der Waals surface area contributed by atoms with Crippen molar-refractivity contribution in [2.75, 3.05) is 20.3 Å². The SMILES string of the molecule is CCn1c(-c2cccnc2[C@H](C)OC)c2c3cc(ccc31)-c1cc(O)cc(c1)C[C@@]1([Si]C1C(=O)C(C)=C(C)C)C(=O)N1CCC[C@H](N1)C(=O)OCC(C)(C)C2. The number of nitrogens with one attached hydrogen (secondary N) is 1. The van der Waals surface area contributed by atoms with Crippen LogP contribution in [0.4, 0.5) is 0 Å². The first kappa shape index (κ1) is 38.7. The maximum absolute atomic E-state index is 14.6. The number of phenolic OH excluding ortho intramolecular Hbond substituents is 1. The first-order valence-corrected chi connectivity index (χ1v) is 20.4. The molecular weight excluding hydrogens is 709 g/mol. The molecule has 1 unspecified atom stereocenters. The minimum Gasteiger partial charge on any atom is -0.508 e. The molecule has 11 heteroatoms. The van der Waals surface area contributed by atoms with Crippen molar-refractivity contribution < 1.29 is 29.0 Å². The third-order valence-corrected chi connectivity index (χ3v) is 13.6. The molecule has 4 aromatic rings. The molecule has 0 saturated carbocycles. The van der Waals surface area contributed by atoms with Gasteiger partial charge in [-0.1, -0.05) is 31.6 Å². The first-order chi connectivity index (χ1) is 26.2. The Labute approximate surface area is 326 Å². The summed E-state index contributed by atoms with van der Waals surface area (Å²) in [5, 5.41) is 12.8. The molecule has 4 atom stereocenters. The van der Waals surface area contributed by atoms with Gasteiger partial charge in [0.05, 0.1) is 38.7 Å². The van der Waals surface area contributed by atoms with Gasteiger partial charge in [-0.3, -0.25) is 24.4 Å². The van der Waals surface area contributed by atoms with Gasteiger partial charge >= 0.3 is 5.97 Å². The number of carbonyl (C=O) groups excluding carboxylic acids is 3. The molecule has 3 aliphatic rings. The van der Waals surface area contributed by atoms with Crippen LogP contribution in [0.15, 0.2) is 65.9 Å². The molecule has 55 heavy (non-hydrogen) atoms. The van der Waals surface area contributed by atoms with E-state index >= 15 is 0 Å². The number of fused-ring (bicyclic) bond motifs is 6. The van der Waals surface area contributed by atoms with E-state index in [4.69, 9.17) is 14.5 Å². The predicted molar refractivity (Wildman–Crippen MR) is 215 cm³/mol. The molecular formula is C44H52N4O6Si. The van der Waals surface area contributed by atoms with Gasteiger partial charge in [-0.25, -0.2) is 5.43 Å². The standard InChI is InChI=1S/C44H52N4O6Si/c1-9-47-36-15-14-29-21-33(36)34(38(47)32-12-10-16-45-37(32)27(5)53-8)23-43(6,7)24-54-41(51)35-13-11-17-48(46-35)42(52)44(22-28-18-30(29)20-31(49)19-28)40(55-44)39(50)26(4)25(2)3/h10,12,14-16,18-21,27,35,40,46,49H,9,11,13,17,22-24H2,1-8H3/t27-,35-,40?,44-/m0/s1. The molecule has 6 bridgehead atoms. The van der Waals surface area contributed by atoms with Crippen molar-refractivity contribution >= 4 is 38.1 Å². The second-order valence-corrected chi connectivity index (χ2v) is 18.2. The summed E-state index contributed by atoms with van der Waals surface area (Å²) in [6.45, 7) is 15.3. The van der Waals surface area contributed by atoms with Crippen LogP contribution in [-0.4, -0.2) is 73.1 Å². The van der Waals surface area contributed by atoms with Gasteiger partial charge in [0, 0.05) is 53.8 Å². The van der Waals surface area contributed by atoms with Crippen molar-refractivity contribution in [2.45, 2.75) is 103 Å². The number of methoxy groups -OCH3 is 1. The number of ketones is 1. The Morgan fingerprint density at radius 1 is 1.11 bits per heavy atom. The highest BCUT2D eigenvalue weighted by Crippen LogP contribution is 2.61. The molecule has 10 nitrogen and oxygen atoms in total. The van der Waals surface area contributed by atoms with E-state index in [0.29, 0.717) is 37.9 Å². The molecule has 1 spiro atoms. The van der Waals surface area contributed by atoms with Gasteiger partial charge in [-0.2, -0.15) is 0 Å². The number of aryl methyl sites for hydroxylation is 1. The Bertz CT molecular complexity index is 2220. The Hall–Kier alpha value is -4.58. The molecule has 3 aliphatic heterocycles. The van der Waals surface area contributed by atoms with E-state index in [1.165, 1.54) is 0 Å². The zero-order valence-electron chi connectivity index (χ0n) is 33.2. The van der Waals surface area contributed by atoms with Crippen molar-refractivity contribution in [2.24, 2.45) is 5.41 Å². The first-order valence-electron chi connectivity index (χ1n) is 19.3. The highest BCUT2D eigenvalue weighted by Gasteiger charge is 2.65. The van der Waals surface area contributed by atoms with Crippen LogP contribution in [0.2, 0.25) is 10.6 Å². The number of amides is 1. The summed E-state index contributed by atoms with van der Waals surface area (Å²) in [5.74, 6) is -0.508. The number of benzene rings is 2. The normalized spacial score (nSPS) is 22.9. The van der Waals surface area contributed by atoms with E-state index in [1.807, 2.05) is 39.8 Å². The monoisotopic (exact) mass is 760 g/mol. The largest absolute Gasteiger partial charge is 0.508 e. The number of nitrogens with zero attached hydrogens (tertiary/aromatic N) is 3. The molecule has 7 rings (SSSR count). The fourth-order valence-corrected chi connectivity index (χ4v) is 10.1. The number of rotatable bonds is 6. The van der Waals surface area contributed by atoms with Crippen molar-refractivity contribution in [1.29, 1.82) is 0 Å². The minimum atomic E-state index is -0.990. The maximum Gasteiger partial charge on any atom is 0.324 e. The van der Waals surface area contributed by atoms with Crippen LogP contribution >= 0.6 is 0 Å². The zero-order chi connectivity index (χ0) is 39.4. The average molecular weight is 761 g/mol. The lowest BCUT2D eigenvalue weighted by Gasteiger charge is -2.36. The Balaban J connectivity index is 1.43. The van der Waals surface area contributed by atoms with Gasteiger partial charge in [0.2, 0.25) is 5.91 Å². The van der Waals surface area contributed by atoms with Crippen LogP contribution in [-0.2, 0) is 43.2 Å². The number of carbonyl (C=O) groups is 3. The van der Waals surface area contributed by atoms with Crippen LogP contribution in [0.25, 0.3) is 33.3 Å². The number of hydrazine groups is 1. The molecule has 2 N–H and O–H groups in total. The summed E-state index contributed by atoms with van der Waals surface area (Å²) in [7, 11) is 1.76. The van der Waals surface area contributed by atoms with Gasteiger partial charge in [0.25, 0.3) is 0 Å². The Kier molecular flexibility index (Phi) is 10.4. The molecule has 288 valence electrons. The highest BCUT2D eigenvalue weighted by atomic mass is 28.2. The van der Waals surface area contributed by atoms with Crippen molar-refractivity contribution in [3.8, 4) is 28.1 Å². The molecule has 5 heterocycles. The van der Waals surface area contributed by atoms with Crippen LogP contribution in [0.5, 0.6) is 5.75 Å². The van der Waals surface area contributed by atoms with Crippen LogP contribution in [0.3, 0.4) is 0 Å². The molecule has 2 saturated heterocycles. The summed E-state index contributed by atoms with van der Waals surface area (Å²) in [6.07, 6.45) is 3.58. The minimum absolute atomic E-state index is 0.0183. The van der Waals surface area contributed by atoms with Crippen LogP contribution < -0.4 is 5.43 Å². The molecule has 2 aromatic heterocycles. The van der Waals surface area contributed by atoms with E-state index < -0.39 is 28.0 Å². The van der Waals surface area contributed by atoms with Gasteiger partial charge in [-0.15, -0.1) is 0 Å². The summed E-state index contributed by atoms with van der Waals surface area (Å²) in [4.78, 5) is 47.0. The van der Waals surface area contributed by atoms with Crippen molar-refractivity contribution in [3.05, 3.63) is 82.7 Å². The zero-order valence-corrected chi connectivity index (χ0v) is 34.2. The lowest BCUT2D eigenvalue weighted by Crippen LogP contribution is -2.57. The van der Waals surface area contributed by atoms with E-state index in [-0.39, 0.29) is 46.1 Å². The lowest BCUT2D eigenvalue weighted by molar-refractivity contribution is -0.155. The second kappa shape index (κ2) is 14.8. The number of hydrogen-bond acceptors (Lipinski definition) is 8. The maximum atomic E-state index is 14.6. The molecule has 2 fully saturated rings. The fourth-order valence-electron chi connectivity index (χ4n) is 8.36. The number of ether oxygens (including phenoxy) is 2. The van der Waals surface area contributed by atoms with Gasteiger partial charge in [0.15, 0.2) is 5.78 Å². The number of cyclic esters (lactones) is 1. The lowest BCUT2D eigenvalue weighted by atomic mass is 9.84. The number of allylic oxidation sites excluding steroid dienone is 2. The quantitative estimate of drug-likeness (QED) is 0.117. The fraction of sp³-hybridized carbons (Fsp3) is 0.455. The molecule has 1 amide bonds. The molecule has 2 radical (unpaired) electrons. The third-order valence-electron chi connectivity index (χ3n) is 11.7. The summed E-state index contributed by atoms with van der Waals surface area (Å²) in [6, 6.07) is 15.3. The van der Waals surface area contributed by atoms with E-state index in [1.54, 1.807) is 30.4 Å². The highest BCUT2D eigenvalue weighted by molar-refractivity contribution is 6.70. The smallest absolute Gasteiger partial charge is 0.324 e. The number of pyridine rings is 1. The van der Waals surface area contributed by atoms with Crippen LogP contribution in [0, 0.1) is 5.41 Å². The van der Waals surface area contributed by atoms with Gasteiger partial charge in [0.1, 0.15) is 11.8 Å². The number of Topliss-reactive ketones (excluding diaryl/α,β-unsaturated/α-hetero) is 1. The number of aromatic hydroxyl groups is 1. The van der Waals surface area contributed by atoms with E-state index in [0.717, 1.165) is 55.7 Å². The summed E-state index contributed by atoms with van der Waals surface area (Å²) >= 11 is 0. The Morgan fingerprint density at radius 3 is 2.62 bits per heavy atom. The topological polar surface area (TPSA) is 123 Å². The van der Waals surface area contributed by atoms with Crippen LogP contribution in [0.1, 0.15) is 84.2 Å². The molecule has 0 aliphatic carbocycles. The van der Waals surface area contributed by atoms with Gasteiger partial charge < -0.3 is 19.1 Å². The summed E-state index contributed by atoms with van der Waals surface area (Å²) < 4.78 is 14.2. The number of aromatic nitrogens is 2. The third kappa shape index (κ3) is 7.18. The average Bonchev–Trinajstić information content (AvgIpc) is 3.82. The summed E-state index contributed by atoms with van der Waals surface area (Å²) in [5.41, 5.74) is 11.4. The van der Waals surface area contributed by atoms with Crippen molar-refractivity contribution in [3.63, 3.8) is 0 Å². The van der Waals surface area contributed by atoms with Crippen molar-refractivity contribution in [1.82, 2.24) is 20.0 Å². The van der Waals surface area contributed by atoms with Gasteiger partial charge in [-0.05, 0) is 125 Å². The number of esters is 1.